The molecular weight excluding hydrogens is 392 g/mol. The van der Waals surface area contributed by atoms with Gasteiger partial charge in [-0.25, -0.2) is 13.1 Å². The smallest absolute Gasteiger partial charge is 0.244 e. The van der Waals surface area contributed by atoms with Gasteiger partial charge in [0.2, 0.25) is 15.9 Å². The number of nitrogens with one attached hydrogen (secondary N) is 1. The van der Waals surface area contributed by atoms with E-state index in [1.165, 1.54) is 13.2 Å². The van der Waals surface area contributed by atoms with Crippen molar-refractivity contribution in [2.24, 2.45) is 0 Å². The molecule has 29 heavy (non-hydrogen) atoms. The van der Waals surface area contributed by atoms with Gasteiger partial charge in [0.1, 0.15) is 16.4 Å². The van der Waals surface area contributed by atoms with E-state index >= 15 is 0 Å². The van der Waals surface area contributed by atoms with Crippen LogP contribution in [-0.4, -0.2) is 34.6 Å². The highest BCUT2D eigenvalue weighted by atomic mass is 32.2. The summed E-state index contributed by atoms with van der Waals surface area (Å²) in [6, 6.07) is 10.2. The zero-order valence-corrected chi connectivity index (χ0v) is 17.3. The third-order valence-electron chi connectivity index (χ3n) is 5.32. The van der Waals surface area contributed by atoms with Gasteiger partial charge in [-0.05, 0) is 37.6 Å². The minimum Gasteiger partial charge on any atom is -0.495 e. The number of carbonyl (C=O) groups is 1. The van der Waals surface area contributed by atoms with Crippen molar-refractivity contribution in [2.75, 3.05) is 25.2 Å². The maximum Gasteiger partial charge on any atom is 0.244 e. The molecule has 0 aliphatic carbocycles. The van der Waals surface area contributed by atoms with Crippen molar-refractivity contribution < 1.29 is 22.7 Å². The van der Waals surface area contributed by atoms with E-state index in [4.69, 9.17) is 9.47 Å². The standard InChI is InChI=1S/C21H24N2O5S/c1-14-5-7-18-16(12-14)17(9-11-28-18)22-29(25,26)20-13-15(6-8-19(20)27-2)23-10-3-4-21(23)24/h5-8,12-13,17,22H,3-4,9-11H2,1-2H3. The quantitative estimate of drug-likeness (QED) is 0.810. The number of carbonyl (C=O) groups excluding carboxylic acids is 1. The Morgan fingerprint density at radius 3 is 2.76 bits per heavy atom. The average molecular weight is 416 g/mol. The van der Waals surface area contributed by atoms with Crippen molar-refractivity contribution in [3.05, 3.63) is 47.5 Å². The summed E-state index contributed by atoms with van der Waals surface area (Å²) in [5.41, 5.74) is 2.42. The molecule has 8 heteroatoms. The lowest BCUT2D eigenvalue weighted by atomic mass is 10.00. The first kappa shape index (κ1) is 19.7. The number of methoxy groups -OCH3 is 1. The molecule has 2 aromatic rings. The number of ether oxygens (including phenoxy) is 2. The van der Waals surface area contributed by atoms with E-state index in [1.807, 2.05) is 25.1 Å². The van der Waals surface area contributed by atoms with Crippen LogP contribution in [0.3, 0.4) is 0 Å². The summed E-state index contributed by atoms with van der Waals surface area (Å²) < 4.78 is 40.4. The number of amides is 1. The number of benzene rings is 2. The summed E-state index contributed by atoms with van der Waals surface area (Å²) in [6.07, 6.45) is 1.77. The Balaban J connectivity index is 1.69. The Morgan fingerprint density at radius 2 is 2.03 bits per heavy atom. The largest absolute Gasteiger partial charge is 0.495 e. The fourth-order valence-corrected chi connectivity index (χ4v) is 5.29. The molecule has 0 bridgehead atoms. The van der Waals surface area contributed by atoms with Crippen molar-refractivity contribution in [1.82, 2.24) is 4.72 Å². The van der Waals surface area contributed by atoms with Gasteiger partial charge in [-0.1, -0.05) is 17.7 Å². The molecule has 0 saturated carbocycles. The summed E-state index contributed by atoms with van der Waals surface area (Å²) >= 11 is 0. The lowest BCUT2D eigenvalue weighted by molar-refractivity contribution is -0.117. The van der Waals surface area contributed by atoms with Gasteiger partial charge in [-0.3, -0.25) is 4.79 Å². The molecule has 1 fully saturated rings. The molecule has 1 atom stereocenters. The van der Waals surface area contributed by atoms with Crippen LogP contribution in [0, 0.1) is 6.92 Å². The predicted octanol–water partition coefficient (Wildman–Crippen LogP) is 2.93. The van der Waals surface area contributed by atoms with Gasteiger partial charge in [0.15, 0.2) is 0 Å². The first-order valence-electron chi connectivity index (χ1n) is 9.63. The van der Waals surface area contributed by atoms with E-state index in [1.54, 1.807) is 17.0 Å². The summed E-state index contributed by atoms with van der Waals surface area (Å²) in [4.78, 5) is 13.7. The second kappa shape index (κ2) is 7.68. The lowest BCUT2D eigenvalue weighted by Crippen LogP contribution is -2.32. The Labute approximate surface area is 170 Å². The number of sulfonamides is 1. The Hall–Kier alpha value is -2.58. The van der Waals surface area contributed by atoms with Gasteiger partial charge in [-0.2, -0.15) is 0 Å². The van der Waals surface area contributed by atoms with E-state index in [0.29, 0.717) is 37.4 Å². The van der Waals surface area contributed by atoms with Crippen LogP contribution < -0.4 is 19.1 Å². The van der Waals surface area contributed by atoms with Crippen LogP contribution in [0.5, 0.6) is 11.5 Å². The Kier molecular flexibility index (Phi) is 5.23. The van der Waals surface area contributed by atoms with Gasteiger partial charge in [-0.15, -0.1) is 0 Å². The van der Waals surface area contributed by atoms with Crippen LogP contribution in [0.25, 0.3) is 0 Å². The second-order valence-electron chi connectivity index (χ2n) is 7.34. The van der Waals surface area contributed by atoms with Gasteiger partial charge >= 0.3 is 0 Å². The first-order valence-corrected chi connectivity index (χ1v) is 11.1. The molecule has 2 aliphatic rings. The molecule has 154 valence electrons. The van der Waals surface area contributed by atoms with Crippen LogP contribution in [0.15, 0.2) is 41.3 Å². The van der Waals surface area contributed by atoms with Crippen LogP contribution in [-0.2, 0) is 14.8 Å². The number of hydrogen-bond acceptors (Lipinski definition) is 5. The van der Waals surface area contributed by atoms with Crippen LogP contribution in [0.4, 0.5) is 5.69 Å². The van der Waals surface area contributed by atoms with Crippen LogP contribution in [0.2, 0.25) is 0 Å². The molecule has 1 saturated heterocycles. The van der Waals surface area contributed by atoms with E-state index in [0.717, 1.165) is 17.5 Å². The number of fused-ring (bicyclic) bond motifs is 1. The third-order valence-corrected chi connectivity index (χ3v) is 6.82. The number of rotatable bonds is 5. The van der Waals surface area contributed by atoms with E-state index in [2.05, 4.69) is 4.72 Å². The highest BCUT2D eigenvalue weighted by Crippen LogP contribution is 2.36. The molecule has 2 aromatic carbocycles. The number of anilines is 1. The highest BCUT2D eigenvalue weighted by Gasteiger charge is 2.30. The van der Waals surface area contributed by atoms with Gasteiger partial charge in [0.25, 0.3) is 0 Å². The van der Waals surface area contributed by atoms with Gasteiger partial charge < -0.3 is 14.4 Å². The van der Waals surface area contributed by atoms with E-state index < -0.39 is 16.1 Å². The minimum absolute atomic E-state index is 0.000283. The molecule has 1 unspecified atom stereocenters. The fourth-order valence-electron chi connectivity index (χ4n) is 3.85. The number of aryl methyl sites for hydroxylation is 1. The Bertz CT molecular complexity index is 1050. The normalized spacial score (nSPS) is 19.0. The molecule has 0 radical (unpaired) electrons. The molecular formula is C21H24N2O5S. The molecule has 0 spiro atoms. The third kappa shape index (κ3) is 3.82. The predicted molar refractivity (Wildman–Crippen MR) is 109 cm³/mol. The molecule has 7 nitrogen and oxygen atoms in total. The molecule has 0 aromatic heterocycles. The molecule has 1 N–H and O–H groups in total. The summed E-state index contributed by atoms with van der Waals surface area (Å²) in [5.74, 6) is 0.933. The van der Waals surface area contributed by atoms with E-state index in [-0.39, 0.29) is 16.6 Å². The second-order valence-corrected chi connectivity index (χ2v) is 9.02. The number of hydrogen-bond donors (Lipinski definition) is 1. The van der Waals surface area contributed by atoms with Crippen molar-refractivity contribution in [2.45, 2.75) is 37.1 Å². The zero-order valence-electron chi connectivity index (χ0n) is 16.5. The molecule has 4 rings (SSSR count). The summed E-state index contributed by atoms with van der Waals surface area (Å²) in [5, 5.41) is 0. The van der Waals surface area contributed by atoms with Crippen LogP contribution >= 0.6 is 0 Å². The van der Waals surface area contributed by atoms with Crippen molar-refractivity contribution >= 4 is 21.6 Å². The van der Waals surface area contributed by atoms with Crippen molar-refractivity contribution in [1.29, 1.82) is 0 Å². The van der Waals surface area contributed by atoms with Gasteiger partial charge in [0.05, 0.1) is 19.8 Å². The SMILES string of the molecule is COc1ccc(N2CCCC2=O)cc1S(=O)(=O)NC1CCOc2ccc(C)cc21. The molecule has 1 amide bonds. The minimum atomic E-state index is -3.90. The van der Waals surface area contributed by atoms with Crippen molar-refractivity contribution in [3.63, 3.8) is 0 Å². The van der Waals surface area contributed by atoms with Crippen molar-refractivity contribution in [3.8, 4) is 11.5 Å². The molecule has 2 aliphatic heterocycles. The van der Waals surface area contributed by atoms with Crippen LogP contribution in [0.1, 0.15) is 36.4 Å². The fraction of sp³-hybridized carbons (Fsp3) is 0.381. The zero-order chi connectivity index (χ0) is 20.6. The summed E-state index contributed by atoms with van der Waals surface area (Å²) in [7, 11) is -2.46. The maximum absolute atomic E-state index is 13.3. The van der Waals surface area contributed by atoms with Gasteiger partial charge in [0, 0.05) is 30.6 Å². The first-order chi connectivity index (χ1) is 13.9. The molecule has 2 heterocycles. The topological polar surface area (TPSA) is 84.9 Å². The summed E-state index contributed by atoms with van der Waals surface area (Å²) in [6.45, 7) is 2.98. The maximum atomic E-state index is 13.3. The monoisotopic (exact) mass is 416 g/mol. The van der Waals surface area contributed by atoms with E-state index in [9.17, 15) is 13.2 Å². The Morgan fingerprint density at radius 1 is 1.21 bits per heavy atom. The highest BCUT2D eigenvalue weighted by molar-refractivity contribution is 7.89. The average Bonchev–Trinajstić information content (AvgIpc) is 3.13. The lowest BCUT2D eigenvalue weighted by Gasteiger charge is -2.27. The number of nitrogens with zero attached hydrogens (tertiary/aromatic N) is 1.